The summed E-state index contributed by atoms with van der Waals surface area (Å²) in [6, 6.07) is 11.3. The van der Waals surface area contributed by atoms with Crippen molar-refractivity contribution in [3.05, 3.63) is 58.3 Å². The Morgan fingerprint density at radius 1 is 1.10 bits per heavy atom. The summed E-state index contributed by atoms with van der Waals surface area (Å²) >= 11 is 11.6. The third kappa shape index (κ3) is 3.49. The Morgan fingerprint density at radius 2 is 1.81 bits per heavy atom. The first-order valence-corrected chi connectivity index (χ1v) is 10.8. The fourth-order valence-electron chi connectivity index (χ4n) is 5.04. The van der Waals surface area contributed by atoms with E-state index in [1.165, 1.54) is 12.1 Å². The van der Waals surface area contributed by atoms with Crippen molar-refractivity contribution in [2.75, 3.05) is 24.6 Å². The van der Waals surface area contributed by atoms with Crippen molar-refractivity contribution in [3.63, 3.8) is 0 Å². The molecule has 6 nitrogen and oxygen atoms in total. The van der Waals surface area contributed by atoms with Crippen molar-refractivity contribution in [2.45, 2.75) is 30.3 Å². The van der Waals surface area contributed by atoms with Crippen LogP contribution in [0.1, 0.15) is 19.3 Å². The summed E-state index contributed by atoms with van der Waals surface area (Å²) in [6.45, 7) is 1.09. The Kier molecular flexibility index (Phi) is 4.79. The second-order valence-corrected chi connectivity index (χ2v) is 9.35. The van der Waals surface area contributed by atoms with Gasteiger partial charge in [-0.15, -0.1) is 0 Å². The average Bonchev–Trinajstić information content (AvgIpc) is 3.06. The molecule has 2 bridgehead atoms. The molecule has 0 unspecified atom stereocenters. The molecule has 3 aliphatic carbocycles. The number of carbonyl (C=O) groups is 2. The lowest BCUT2D eigenvalue weighted by atomic mass is 9.43. The van der Waals surface area contributed by atoms with Crippen LogP contribution in [0.25, 0.3) is 0 Å². The second-order valence-electron chi connectivity index (χ2n) is 8.51. The van der Waals surface area contributed by atoms with Gasteiger partial charge in [-0.25, -0.2) is 9.18 Å². The molecule has 9 heteroatoms. The molecule has 2 aromatic rings. The van der Waals surface area contributed by atoms with Crippen LogP contribution in [-0.4, -0.2) is 47.6 Å². The number of hydrogen-bond donors (Lipinski definition) is 1. The fraction of sp³-hybridized carbons (Fsp3) is 0.364. The minimum Gasteiger partial charge on any atom is -0.484 e. The van der Waals surface area contributed by atoms with E-state index in [0.29, 0.717) is 18.1 Å². The van der Waals surface area contributed by atoms with Gasteiger partial charge in [0.25, 0.3) is 5.91 Å². The van der Waals surface area contributed by atoms with Gasteiger partial charge in [0.1, 0.15) is 11.6 Å². The summed E-state index contributed by atoms with van der Waals surface area (Å²) in [7, 11) is 0. The molecule has 0 atom stereocenters. The number of urea groups is 1. The van der Waals surface area contributed by atoms with Gasteiger partial charge < -0.3 is 15.0 Å². The summed E-state index contributed by atoms with van der Waals surface area (Å²) < 4.78 is 18.8. The third-order valence-corrected chi connectivity index (χ3v) is 6.95. The van der Waals surface area contributed by atoms with E-state index in [1.807, 2.05) is 17.0 Å². The van der Waals surface area contributed by atoms with E-state index in [1.54, 1.807) is 17.0 Å². The van der Waals surface area contributed by atoms with E-state index in [0.717, 1.165) is 31.0 Å². The molecular formula is C22H20Cl2FN3O3. The van der Waals surface area contributed by atoms with Crippen LogP contribution in [0.5, 0.6) is 5.75 Å². The van der Waals surface area contributed by atoms with Crippen molar-refractivity contribution in [2.24, 2.45) is 0 Å². The molecule has 0 radical (unpaired) electrons. The highest BCUT2D eigenvalue weighted by Crippen LogP contribution is 2.64. The van der Waals surface area contributed by atoms with Gasteiger partial charge in [-0.3, -0.25) is 9.69 Å². The third-order valence-electron chi connectivity index (χ3n) is 6.39. The molecule has 162 valence electrons. The standard InChI is InChI=1S/C22H20Cl2FN3O3/c23-14-1-3-15(4-2-14)27-7-8-28(20(27)30)22-11-21(12-22,13-22)26-19(29)10-31-16-5-6-17(24)18(25)9-16/h1-6,9H,7-8,10-13H2,(H,26,29). The topological polar surface area (TPSA) is 61.9 Å². The molecule has 6 rings (SSSR count). The molecular weight excluding hydrogens is 444 g/mol. The van der Waals surface area contributed by atoms with Crippen LogP contribution in [0.4, 0.5) is 14.9 Å². The Labute approximate surface area is 188 Å². The van der Waals surface area contributed by atoms with E-state index in [4.69, 9.17) is 27.9 Å². The molecule has 1 aliphatic heterocycles. The van der Waals surface area contributed by atoms with Gasteiger partial charge in [-0.1, -0.05) is 23.2 Å². The summed E-state index contributed by atoms with van der Waals surface area (Å²) in [6.07, 6.45) is 2.21. The SMILES string of the molecule is O=C(COc1ccc(Cl)c(F)c1)NC12CC(N3CCN(c4ccc(Cl)cc4)C3=O)(C1)C2. The minimum absolute atomic E-state index is 0.00190. The highest BCUT2D eigenvalue weighted by molar-refractivity contribution is 6.31. The van der Waals surface area contributed by atoms with Gasteiger partial charge in [0.2, 0.25) is 0 Å². The van der Waals surface area contributed by atoms with Crippen molar-refractivity contribution in [1.29, 1.82) is 0 Å². The first-order valence-electron chi connectivity index (χ1n) is 10.0. The van der Waals surface area contributed by atoms with Crippen LogP contribution >= 0.6 is 23.2 Å². The number of ether oxygens (including phenoxy) is 1. The summed E-state index contributed by atoms with van der Waals surface area (Å²) in [4.78, 5) is 29.0. The maximum absolute atomic E-state index is 13.5. The van der Waals surface area contributed by atoms with E-state index in [9.17, 15) is 14.0 Å². The lowest BCUT2D eigenvalue weighted by Gasteiger charge is -2.72. The Bertz CT molecular complexity index is 1040. The Morgan fingerprint density at radius 3 is 2.48 bits per heavy atom. The van der Waals surface area contributed by atoms with Crippen molar-refractivity contribution >= 4 is 40.8 Å². The van der Waals surface area contributed by atoms with Crippen LogP contribution < -0.4 is 15.0 Å². The van der Waals surface area contributed by atoms with Crippen LogP contribution in [0.15, 0.2) is 42.5 Å². The van der Waals surface area contributed by atoms with Gasteiger partial charge in [0.15, 0.2) is 6.61 Å². The molecule has 3 saturated carbocycles. The largest absolute Gasteiger partial charge is 0.484 e. The second kappa shape index (κ2) is 7.28. The van der Waals surface area contributed by atoms with Gasteiger partial charge in [-0.05, 0) is 55.7 Å². The zero-order valence-corrected chi connectivity index (χ0v) is 18.0. The maximum atomic E-state index is 13.5. The molecule has 1 heterocycles. The number of carbonyl (C=O) groups excluding carboxylic acids is 2. The lowest BCUT2D eigenvalue weighted by Crippen LogP contribution is -2.84. The quantitative estimate of drug-likeness (QED) is 0.696. The van der Waals surface area contributed by atoms with Gasteiger partial charge >= 0.3 is 6.03 Å². The number of halogens is 3. The molecule has 2 aromatic carbocycles. The van der Waals surface area contributed by atoms with Crippen molar-refractivity contribution < 1.29 is 18.7 Å². The monoisotopic (exact) mass is 463 g/mol. The first kappa shape index (κ1) is 20.4. The average molecular weight is 464 g/mol. The Hall–Kier alpha value is -2.51. The number of nitrogens with zero attached hydrogens (tertiary/aromatic N) is 2. The molecule has 0 aromatic heterocycles. The number of benzene rings is 2. The van der Waals surface area contributed by atoms with E-state index >= 15 is 0 Å². The number of anilines is 1. The zero-order valence-electron chi connectivity index (χ0n) is 16.5. The number of rotatable bonds is 6. The molecule has 31 heavy (non-hydrogen) atoms. The lowest BCUT2D eigenvalue weighted by molar-refractivity contribution is -0.165. The molecule has 0 spiro atoms. The van der Waals surface area contributed by atoms with Crippen LogP contribution in [-0.2, 0) is 4.79 Å². The van der Waals surface area contributed by atoms with Crippen LogP contribution in [0, 0.1) is 5.82 Å². The number of nitrogens with one attached hydrogen (secondary N) is 1. The van der Waals surface area contributed by atoms with Gasteiger partial charge in [0, 0.05) is 35.4 Å². The highest BCUT2D eigenvalue weighted by Gasteiger charge is 2.72. The fourth-order valence-corrected chi connectivity index (χ4v) is 5.28. The predicted molar refractivity (Wildman–Crippen MR) is 115 cm³/mol. The predicted octanol–water partition coefficient (Wildman–Crippen LogP) is 4.24. The molecule has 1 saturated heterocycles. The summed E-state index contributed by atoms with van der Waals surface area (Å²) in [5.41, 5.74) is 0.382. The normalized spacial score (nSPS) is 26.4. The summed E-state index contributed by atoms with van der Waals surface area (Å²) in [5.74, 6) is -0.612. The number of hydrogen-bond acceptors (Lipinski definition) is 3. The summed E-state index contributed by atoms with van der Waals surface area (Å²) in [5, 5.41) is 3.65. The maximum Gasteiger partial charge on any atom is 0.325 e. The van der Waals surface area contributed by atoms with Gasteiger partial charge in [-0.2, -0.15) is 0 Å². The molecule has 3 amide bonds. The molecule has 1 N–H and O–H groups in total. The van der Waals surface area contributed by atoms with Gasteiger partial charge in [0.05, 0.1) is 10.6 Å². The van der Waals surface area contributed by atoms with E-state index in [-0.39, 0.29) is 40.4 Å². The highest BCUT2D eigenvalue weighted by atomic mass is 35.5. The Balaban J connectivity index is 1.13. The molecule has 4 aliphatic rings. The first-order chi connectivity index (χ1) is 14.8. The van der Waals surface area contributed by atoms with Crippen molar-refractivity contribution in [1.82, 2.24) is 10.2 Å². The van der Waals surface area contributed by atoms with Crippen molar-refractivity contribution in [3.8, 4) is 5.75 Å². The number of amides is 3. The smallest absolute Gasteiger partial charge is 0.325 e. The zero-order chi connectivity index (χ0) is 21.8. The van der Waals surface area contributed by atoms with Crippen LogP contribution in [0.2, 0.25) is 10.0 Å². The van der Waals surface area contributed by atoms with Crippen LogP contribution in [0.3, 0.4) is 0 Å². The van der Waals surface area contributed by atoms with E-state index in [2.05, 4.69) is 5.32 Å². The van der Waals surface area contributed by atoms with E-state index < -0.39 is 5.82 Å². The minimum atomic E-state index is -0.594. The molecule has 4 fully saturated rings.